The van der Waals surface area contributed by atoms with Gasteiger partial charge < -0.3 is 14.2 Å². The molecule has 0 aliphatic rings. The molecule has 1 unspecified atom stereocenters. The van der Waals surface area contributed by atoms with E-state index in [0.29, 0.717) is 19.3 Å². The first-order chi connectivity index (χ1) is 36.5. The van der Waals surface area contributed by atoms with Crippen LogP contribution in [-0.4, -0.2) is 37.2 Å². The van der Waals surface area contributed by atoms with Crippen LogP contribution in [0.1, 0.15) is 374 Å². The summed E-state index contributed by atoms with van der Waals surface area (Å²) in [5.74, 6) is -0.846. The Labute approximate surface area is 462 Å². The average molecular weight is 1040 g/mol. The van der Waals surface area contributed by atoms with Crippen molar-refractivity contribution in [3.05, 3.63) is 24.3 Å². The Morgan fingerprint density at radius 2 is 0.486 bits per heavy atom. The second-order valence-electron chi connectivity index (χ2n) is 22.7. The summed E-state index contributed by atoms with van der Waals surface area (Å²) in [6.45, 7) is 6.68. The molecule has 6 nitrogen and oxygen atoms in total. The first kappa shape index (κ1) is 71.9. The summed E-state index contributed by atoms with van der Waals surface area (Å²) >= 11 is 0. The quantitative estimate of drug-likeness (QED) is 0.0261. The van der Waals surface area contributed by atoms with Gasteiger partial charge in [-0.1, -0.05) is 328 Å². The lowest BCUT2D eigenvalue weighted by molar-refractivity contribution is -0.167. The van der Waals surface area contributed by atoms with E-state index < -0.39 is 6.10 Å². The Morgan fingerprint density at radius 1 is 0.270 bits per heavy atom. The third-order valence-corrected chi connectivity index (χ3v) is 15.2. The largest absolute Gasteiger partial charge is 0.462 e. The third kappa shape index (κ3) is 60.8. The van der Waals surface area contributed by atoms with Gasteiger partial charge in [0.05, 0.1) is 0 Å². The van der Waals surface area contributed by atoms with E-state index in [1.807, 2.05) is 0 Å². The summed E-state index contributed by atoms with van der Waals surface area (Å²) in [7, 11) is 0. The van der Waals surface area contributed by atoms with Crippen LogP contribution in [0.3, 0.4) is 0 Å². The van der Waals surface area contributed by atoms with Crippen molar-refractivity contribution in [3.63, 3.8) is 0 Å². The maximum atomic E-state index is 12.9. The van der Waals surface area contributed by atoms with Gasteiger partial charge in [-0.05, 0) is 51.4 Å². The summed E-state index contributed by atoms with van der Waals surface area (Å²) in [6.07, 6.45) is 76.3. The minimum absolute atomic E-state index is 0.0670. The van der Waals surface area contributed by atoms with Crippen molar-refractivity contribution >= 4 is 17.9 Å². The molecule has 0 bridgehead atoms. The predicted octanol–water partition coefficient (Wildman–Crippen LogP) is 22.6. The van der Waals surface area contributed by atoms with Gasteiger partial charge in [0.15, 0.2) is 6.10 Å². The van der Waals surface area contributed by atoms with Crippen LogP contribution >= 0.6 is 0 Å². The van der Waals surface area contributed by atoms with Gasteiger partial charge >= 0.3 is 17.9 Å². The highest BCUT2D eigenvalue weighted by atomic mass is 16.6. The van der Waals surface area contributed by atoms with E-state index in [1.165, 1.54) is 270 Å². The van der Waals surface area contributed by atoms with Crippen LogP contribution in [0.15, 0.2) is 24.3 Å². The van der Waals surface area contributed by atoms with Crippen molar-refractivity contribution in [2.24, 2.45) is 0 Å². The number of carbonyl (C=O) groups is 3. The van der Waals surface area contributed by atoms with Crippen LogP contribution in [-0.2, 0) is 28.6 Å². The molecule has 0 N–H and O–H groups in total. The van der Waals surface area contributed by atoms with Crippen molar-refractivity contribution in [3.8, 4) is 0 Å². The topological polar surface area (TPSA) is 78.9 Å². The number of hydrogen-bond acceptors (Lipinski definition) is 6. The van der Waals surface area contributed by atoms with Gasteiger partial charge in [-0.15, -0.1) is 0 Å². The predicted molar refractivity (Wildman–Crippen MR) is 321 cm³/mol. The molecule has 0 rings (SSSR count). The Kier molecular flexibility index (Phi) is 61.6. The van der Waals surface area contributed by atoms with E-state index in [-0.39, 0.29) is 31.1 Å². The molecule has 1 atom stereocenters. The second kappa shape index (κ2) is 63.4. The molecule has 0 saturated carbocycles. The molecule has 0 aromatic heterocycles. The molecule has 0 saturated heterocycles. The first-order valence-electron chi connectivity index (χ1n) is 33.3. The van der Waals surface area contributed by atoms with E-state index >= 15 is 0 Å². The van der Waals surface area contributed by atoms with E-state index in [1.54, 1.807) is 0 Å². The molecule has 6 heteroatoms. The molecule has 0 fully saturated rings. The number of allylic oxidation sites excluding steroid dienone is 4. The van der Waals surface area contributed by atoms with Crippen LogP contribution in [0, 0.1) is 0 Å². The lowest BCUT2D eigenvalue weighted by atomic mass is 10.0. The van der Waals surface area contributed by atoms with Crippen molar-refractivity contribution < 1.29 is 28.6 Å². The SMILES string of the molecule is CCCCCCC/C=C\C/C=C\CCCCCCCCCCCC(=O)OC(COC(=O)CCCCCCCCCCCC)COC(=O)CCCCCCCCCCCCCCCCCCCCCCCCCCC. The van der Waals surface area contributed by atoms with Gasteiger partial charge in [0.2, 0.25) is 0 Å². The van der Waals surface area contributed by atoms with Crippen LogP contribution < -0.4 is 0 Å². The highest BCUT2D eigenvalue weighted by Crippen LogP contribution is 2.18. The minimum atomic E-state index is -0.769. The average Bonchev–Trinajstić information content (AvgIpc) is 3.40. The van der Waals surface area contributed by atoms with Gasteiger partial charge in [0.1, 0.15) is 13.2 Å². The van der Waals surface area contributed by atoms with Gasteiger partial charge in [-0.25, -0.2) is 0 Å². The van der Waals surface area contributed by atoms with Crippen molar-refractivity contribution in [1.82, 2.24) is 0 Å². The van der Waals surface area contributed by atoms with E-state index in [9.17, 15) is 14.4 Å². The highest BCUT2D eigenvalue weighted by molar-refractivity contribution is 5.71. The second-order valence-corrected chi connectivity index (χ2v) is 22.7. The molecule has 0 amide bonds. The summed E-state index contributed by atoms with van der Waals surface area (Å²) in [4.78, 5) is 38.2. The summed E-state index contributed by atoms with van der Waals surface area (Å²) < 4.78 is 16.9. The van der Waals surface area contributed by atoms with Crippen LogP contribution in [0.2, 0.25) is 0 Å². The zero-order chi connectivity index (χ0) is 53.6. The molecular weight excluding hydrogens is 913 g/mol. The van der Waals surface area contributed by atoms with Crippen molar-refractivity contribution in [2.45, 2.75) is 380 Å². The fourth-order valence-electron chi connectivity index (χ4n) is 10.2. The van der Waals surface area contributed by atoms with Crippen LogP contribution in [0.5, 0.6) is 0 Å². The standard InChI is InChI=1S/C68H128O6/c1-4-7-10-13-16-19-22-24-26-28-30-32-33-34-35-37-38-40-42-44-46-49-52-55-58-61-67(70)73-64-65(63-72-66(69)60-57-54-51-48-21-18-15-12-9-6-3)74-68(71)62-59-56-53-50-47-45-43-41-39-36-31-29-27-25-23-20-17-14-11-8-5-2/h23,25,29,31,65H,4-22,24,26-28,30,32-64H2,1-3H3/b25-23-,31-29-. The van der Waals surface area contributed by atoms with Gasteiger partial charge in [-0.2, -0.15) is 0 Å². The van der Waals surface area contributed by atoms with Gasteiger partial charge in [0, 0.05) is 19.3 Å². The summed E-state index contributed by atoms with van der Waals surface area (Å²) in [5.41, 5.74) is 0. The smallest absolute Gasteiger partial charge is 0.306 e. The highest BCUT2D eigenvalue weighted by Gasteiger charge is 2.19. The Morgan fingerprint density at radius 3 is 0.743 bits per heavy atom. The fourth-order valence-corrected chi connectivity index (χ4v) is 10.2. The number of unbranched alkanes of at least 4 members (excludes halogenated alkanes) is 47. The minimum Gasteiger partial charge on any atom is -0.462 e. The maximum Gasteiger partial charge on any atom is 0.306 e. The molecule has 0 aliphatic carbocycles. The Hall–Kier alpha value is -2.11. The normalized spacial score (nSPS) is 12.1. The lowest BCUT2D eigenvalue weighted by Crippen LogP contribution is -2.30. The van der Waals surface area contributed by atoms with Crippen LogP contribution in [0.4, 0.5) is 0 Å². The molecule has 0 aromatic rings. The van der Waals surface area contributed by atoms with Gasteiger partial charge in [0.25, 0.3) is 0 Å². The fraction of sp³-hybridized carbons (Fsp3) is 0.897. The summed E-state index contributed by atoms with van der Waals surface area (Å²) in [6, 6.07) is 0. The van der Waals surface area contributed by atoms with Crippen molar-refractivity contribution in [1.29, 1.82) is 0 Å². The zero-order valence-electron chi connectivity index (χ0n) is 50.1. The molecule has 0 aliphatic heterocycles. The molecule has 436 valence electrons. The molecule has 0 spiro atoms. The number of ether oxygens (including phenoxy) is 3. The number of carbonyl (C=O) groups excluding carboxylic acids is 3. The molecule has 0 radical (unpaired) electrons. The Balaban J connectivity index is 4.17. The number of esters is 3. The molecule has 0 heterocycles. The van der Waals surface area contributed by atoms with Crippen LogP contribution in [0.25, 0.3) is 0 Å². The third-order valence-electron chi connectivity index (χ3n) is 15.2. The van der Waals surface area contributed by atoms with Gasteiger partial charge in [-0.3, -0.25) is 14.4 Å². The molecule has 0 aromatic carbocycles. The maximum absolute atomic E-state index is 12.9. The van der Waals surface area contributed by atoms with E-state index in [0.717, 1.165) is 64.2 Å². The zero-order valence-corrected chi connectivity index (χ0v) is 50.1. The monoisotopic (exact) mass is 1040 g/mol. The van der Waals surface area contributed by atoms with E-state index in [4.69, 9.17) is 14.2 Å². The van der Waals surface area contributed by atoms with E-state index in [2.05, 4.69) is 45.1 Å². The first-order valence-corrected chi connectivity index (χ1v) is 33.3. The number of rotatable bonds is 62. The molecule has 74 heavy (non-hydrogen) atoms. The number of hydrogen-bond donors (Lipinski definition) is 0. The van der Waals surface area contributed by atoms with Crippen molar-refractivity contribution in [2.75, 3.05) is 13.2 Å². The Bertz CT molecular complexity index is 1190. The lowest BCUT2D eigenvalue weighted by Gasteiger charge is -2.18. The molecular formula is C68H128O6. The summed E-state index contributed by atoms with van der Waals surface area (Å²) in [5, 5.41) is 0.